The summed E-state index contributed by atoms with van der Waals surface area (Å²) in [6.07, 6.45) is 0. The zero-order valence-corrected chi connectivity index (χ0v) is 11.7. The number of methoxy groups -OCH3 is 1. The highest BCUT2D eigenvalue weighted by Crippen LogP contribution is 2.30. The zero-order chi connectivity index (χ0) is 13.8. The number of rotatable bonds is 4. The highest BCUT2D eigenvalue weighted by atomic mass is 35.5. The molecule has 1 aromatic heterocycles. The van der Waals surface area contributed by atoms with Crippen molar-refractivity contribution >= 4 is 40.3 Å². The van der Waals surface area contributed by atoms with E-state index in [9.17, 15) is 4.79 Å². The van der Waals surface area contributed by atoms with Gasteiger partial charge in [0.1, 0.15) is 0 Å². The van der Waals surface area contributed by atoms with E-state index in [0.29, 0.717) is 28.5 Å². The fraction of sp³-hybridized carbons (Fsp3) is 0.167. The third kappa shape index (κ3) is 3.15. The molecule has 1 heterocycles. The van der Waals surface area contributed by atoms with Crippen molar-refractivity contribution in [2.24, 2.45) is 0 Å². The number of hydrogen-bond donors (Lipinski definition) is 2. The first-order valence-electron chi connectivity index (χ1n) is 5.40. The van der Waals surface area contributed by atoms with E-state index in [1.54, 1.807) is 11.6 Å². The molecular weight excluding hydrogens is 286 g/mol. The van der Waals surface area contributed by atoms with Crippen molar-refractivity contribution in [1.82, 2.24) is 4.98 Å². The lowest BCUT2D eigenvalue weighted by atomic mass is 10.1. The number of thiazole rings is 1. The maximum absolute atomic E-state index is 11.7. The number of nitrogens with one attached hydrogen (secondary N) is 1. The summed E-state index contributed by atoms with van der Waals surface area (Å²) in [6, 6.07) is 3.11. The molecule has 0 atom stereocenters. The van der Waals surface area contributed by atoms with Gasteiger partial charge in [-0.05, 0) is 12.1 Å². The van der Waals surface area contributed by atoms with Gasteiger partial charge in [0.15, 0.2) is 0 Å². The van der Waals surface area contributed by atoms with Crippen molar-refractivity contribution in [1.29, 1.82) is 0 Å². The minimum atomic E-state index is -0.491. The number of ether oxygens (including phenoxy) is 1. The molecule has 0 saturated carbocycles. The van der Waals surface area contributed by atoms with Gasteiger partial charge in [-0.15, -0.1) is 11.3 Å². The molecule has 0 amide bonds. The Morgan fingerprint density at radius 3 is 3.00 bits per heavy atom. The first-order chi connectivity index (χ1) is 9.11. The molecular formula is C12H12ClN3O2S. The van der Waals surface area contributed by atoms with Crippen LogP contribution in [0.1, 0.15) is 16.1 Å². The molecule has 0 saturated heterocycles. The minimum Gasteiger partial charge on any atom is -0.465 e. The van der Waals surface area contributed by atoms with E-state index in [4.69, 9.17) is 22.1 Å². The molecule has 3 N–H and O–H groups in total. The Hall–Kier alpha value is -1.79. The van der Waals surface area contributed by atoms with Gasteiger partial charge >= 0.3 is 5.97 Å². The molecule has 0 unspecified atom stereocenters. The van der Waals surface area contributed by atoms with E-state index in [0.717, 1.165) is 5.69 Å². The number of benzene rings is 1. The molecule has 0 aliphatic carbocycles. The van der Waals surface area contributed by atoms with Crippen LogP contribution in [-0.4, -0.2) is 18.1 Å². The Bertz CT molecular complexity index is 587. The lowest BCUT2D eigenvalue weighted by Crippen LogP contribution is -2.10. The maximum Gasteiger partial charge on any atom is 0.340 e. The van der Waals surface area contributed by atoms with E-state index < -0.39 is 5.97 Å². The van der Waals surface area contributed by atoms with Gasteiger partial charge in [0.2, 0.25) is 0 Å². The number of carbonyl (C=O) groups excluding carboxylic acids is 1. The number of esters is 1. The van der Waals surface area contributed by atoms with Crippen LogP contribution >= 0.6 is 22.9 Å². The predicted molar refractivity (Wildman–Crippen MR) is 76.6 cm³/mol. The topological polar surface area (TPSA) is 77.2 Å². The molecule has 7 heteroatoms. The Morgan fingerprint density at radius 2 is 2.37 bits per heavy atom. The number of carbonyl (C=O) groups is 1. The van der Waals surface area contributed by atoms with Crippen molar-refractivity contribution in [3.8, 4) is 0 Å². The van der Waals surface area contributed by atoms with Crippen molar-refractivity contribution in [3.05, 3.63) is 39.3 Å². The normalized spacial score (nSPS) is 10.2. The van der Waals surface area contributed by atoms with Gasteiger partial charge in [0.05, 0.1) is 41.1 Å². The summed E-state index contributed by atoms with van der Waals surface area (Å²) in [6.45, 7) is 0.469. The summed E-state index contributed by atoms with van der Waals surface area (Å²) in [7, 11) is 1.31. The summed E-state index contributed by atoms with van der Waals surface area (Å²) in [4.78, 5) is 15.9. The van der Waals surface area contributed by atoms with Crippen LogP contribution in [0.4, 0.5) is 11.4 Å². The second kappa shape index (κ2) is 5.90. The van der Waals surface area contributed by atoms with Crippen molar-refractivity contribution < 1.29 is 9.53 Å². The van der Waals surface area contributed by atoms with Crippen LogP contribution in [0.15, 0.2) is 23.0 Å². The SMILES string of the molecule is COC(=O)c1cc(N)cc(Cl)c1NCc1cscn1. The smallest absolute Gasteiger partial charge is 0.340 e. The Kier molecular flexibility index (Phi) is 4.24. The van der Waals surface area contributed by atoms with Gasteiger partial charge in [-0.2, -0.15) is 0 Å². The van der Waals surface area contributed by atoms with Crippen molar-refractivity contribution in [3.63, 3.8) is 0 Å². The van der Waals surface area contributed by atoms with Gasteiger partial charge < -0.3 is 15.8 Å². The van der Waals surface area contributed by atoms with Gasteiger partial charge in [-0.3, -0.25) is 0 Å². The molecule has 0 fully saturated rings. The first kappa shape index (κ1) is 13.6. The monoisotopic (exact) mass is 297 g/mol. The summed E-state index contributed by atoms with van der Waals surface area (Å²) in [5.74, 6) is -0.491. The number of nitrogens with zero attached hydrogens (tertiary/aromatic N) is 1. The van der Waals surface area contributed by atoms with Crippen LogP contribution in [0.2, 0.25) is 5.02 Å². The molecule has 0 bridgehead atoms. The number of aromatic nitrogens is 1. The summed E-state index contributed by atoms with van der Waals surface area (Å²) in [5, 5.41) is 5.37. The summed E-state index contributed by atoms with van der Waals surface area (Å²) >= 11 is 7.61. The highest BCUT2D eigenvalue weighted by molar-refractivity contribution is 7.07. The third-order valence-corrected chi connectivity index (χ3v) is 3.38. The fourth-order valence-corrected chi connectivity index (χ4v) is 2.44. The highest BCUT2D eigenvalue weighted by Gasteiger charge is 2.16. The standard InChI is InChI=1S/C12H12ClN3O2S/c1-18-12(17)9-2-7(14)3-10(13)11(9)15-4-8-5-19-6-16-8/h2-3,5-6,15H,4,14H2,1H3. The van der Waals surface area contributed by atoms with Crippen molar-refractivity contribution in [2.45, 2.75) is 6.54 Å². The Balaban J connectivity index is 2.29. The molecule has 0 spiro atoms. The van der Waals surface area contributed by atoms with Crippen LogP contribution in [0.25, 0.3) is 0 Å². The summed E-state index contributed by atoms with van der Waals surface area (Å²) < 4.78 is 4.72. The van der Waals surface area contributed by atoms with Gasteiger partial charge in [0, 0.05) is 11.1 Å². The number of nitrogen functional groups attached to an aromatic ring is 1. The number of hydrogen-bond acceptors (Lipinski definition) is 6. The van der Waals surface area contributed by atoms with E-state index >= 15 is 0 Å². The van der Waals surface area contributed by atoms with Crippen molar-refractivity contribution in [2.75, 3.05) is 18.2 Å². The van der Waals surface area contributed by atoms with Crippen LogP contribution in [0.3, 0.4) is 0 Å². The maximum atomic E-state index is 11.7. The molecule has 0 aliphatic rings. The number of nitrogens with two attached hydrogens (primary N) is 1. The third-order valence-electron chi connectivity index (χ3n) is 2.45. The molecule has 100 valence electrons. The lowest BCUT2D eigenvalue weighted by molar-refractivity contribution is 0.0602. The quantitative estimate of drug-likeness (QED) is 0.670. The average Bonchev–Trinajstić information content (AvgIpc) is 2.89. The molecule has 5 nitrogen and oxygen atoms in total. The van der Waals surface area contributed by atoms with Crippen LogP contribution in [0.5, 0.6) is 0 Å². The molecule has 19 heavy (non-hydrogen) atoms. The summed E-state index contributed by atoms with van der Waals surface area (Å²) in [5.41, 5.74) is 9.50. The second-order valence-corrected chi connectivity index (χ2v) is 4.88. The van der Waals surface area contributed by atoms with Crippen LogP contribution < -0.4 is 11.1 Å². The predicted octanol–water partition coefficient (Wildman–Crippen LogP) is 2.78. The fourth-order valence-electron chi connectivity index (χ4n) is 1.58. The largest absolute Gasteiger partial charge is 0.465 e. The molecule has 2 rings (SSSR count). The zero-order valence-electron chi connectivity index (χ0n) is 10.1. The van der Waals surface area contributed by atoms with Crippen LogP contribution in [0, 0.1) is 0 Å². The molecule has 0 aliphatic heterocycles. The Labute approximate surface area is 119 Å². The van der Waals surface area contributed by atoms with Gasteiger partial charge in [0.25, 0.3) is 0 Å². The Morgan fingerprint density at radius 1 is 1.58 bits per heavy atom. The van der Waals surface area contributed by atoms with Crippen LogP contribution in [-0.2, 0) is 11.3 Å². The van der Waals surface area contributed by atoms with E-state index in [-0.39, 0.29) is 0 Å². The number of anilines is 2. The molecule has 0 radical (unpaired) electrons. The van der Waals surface area contributed by atoms with Gasteiger partial charge in [-0.1, -0.05) is 11.6 Å². The molecule has 1 aromatic carbocycles. The number of halogens is 1. The van der Waals surface area contributed by atoms with E-state index in [2.05, 4.69) is 10.3 Å². The average molecular weight is 298 g/mol. The minimum absolute atomic E-state index is 0.308. The molecule has 2 aromatic rings. The lowest BCUT2D eigenvalue weighted by Gasteiger charge is -2.12. The van der Waals surface area contributed by atoms with E-state index in [1.165, 1.54) is 24.5 Å². The van der Waals surface area contributed by atoms with Gasteiger partial charge in [-0.25, -0.2) is 9.78 Å². The first-order valence-corrected chi connectivity index (χ1v) is 6.72. The van der Waals surface area contributed by atoms with E-state index in [1.807, 2.05) is 5.38 Å². The second-order valence-electron chi connectivity index (χ2n) is 3.75.